The number of imide groups is 1. The Labute approximate surface area is 230 Å². The van der Waals surface area contributed by atoms with Crippen LogP contribution in [0.15, 0.2) is 84.9 Å². The minimum Gasteiger partial charge on any atom is -0.497 e. The molecule has 5 rings (SSSR count). The van der Waals surface area contributed by atoms with E-state index in [1.165, 1.54) is 25.3 Å². The van der Waals surface area contributed by atoms with E-state index in [1.54, 1.807) is 48.5 Å². The molecule has 1 heterocycles. The van der Waals surface area contributed by atoms with Crippen molar-refractivity contribution in [2.75, 3.05) is 18.6 Å². The second kappa shape index (κ2) is 10.9. The number of esters is 1. The highest BCUT2D eigenvalue weighted by Gasteiger charge is 2.37. The van der Waals surface area contributed by atoms with Crippen LogP contribution in [0.25, 0.3) is 0 Å². The molecule has 8 heteroatoms. The molecule has 0 aromatic heterocycles. The Hall–Kier alpha value is -5.24. The van der Waals surface area contributed by atoms with Gasteiger partial charge in [0, 0.05) is 5.56 Å². The molecule has 200 valence electrons. The predicted molar refractivity (Wildman–Crippen MR) is 148 cm³/mol. The summed E-state index contributed by atoms with van der Waals surface area (Å²) in [4.78, 5) is 52.4. The van der Waals surface area contributed by atoms with Crippen molar-refractivity contribution in [3.05, 3.63) is 118 Å². The lowest BCUT2D eigenvalue weighted by Crippen LogP contribution is -2.29. The average Bonchev–Trinajstić information content (AvgIpc) is 3.22. The van der Waals surface area contributed by atoms with Gasteiger partial charge in [0.15, 0.2) is 12.4 Å². The summed E-state index contributed by atoms with van der Waals surface area (Å²) in [5.41, 5.74) is 3.05. The minimum absolute atomic E-state index is 0.0532. The number of hydrogen-bond acceptors (Lipinski definition) is 7. The molecule has 1 aliphatic heterocycles. The van der Waals surface area contributed by atoms with Gasteiger partial charge in [0.2, 0.25) is 0 Å². The number of carbonyl (C=O) groups excluding carboxylic acids is 4. The number of anilines is 1. The molecule has 0 fully saturated rings. The summed E-state index contributed by atoms with van der Waals surface area (Å²) in [6.45, 7) is 3.44. The van der Waals surface area contributed by atoms with Crippen LogP contribution in [-0.4, -0.2) is 37.3 Å². The molecule has 0 bridgehead atoms. The first-order valence-corrected chi connectivity index (χ1v) is 12.5. The maximum absolute atomic E-state index is 13.2. The number of aryl methyl sites for hydroxylation is 2. The third kappa shape index (κ3) is 5.19. The van der Waals surface area contributed by atoms with Crippen molar-refractivity contribution >= 4 is 29.3 Å². The molecule has 8 nitrogen and oxygen atoms in total. The lowest BCUT2D eigenvalue weighted by Gasteiger charge is -2.15. The second-order valence-electron chi connectivity index (χ2n) is 9.30. The number of rotatable bonds is 8. The van der Waals surface area contributed by atoms with Gasteiger partial charge in [-0.3, -0.25) is 14.4 Å². The molecule has 0 atom stereocenters. The van der Waals surface area contributed by atoms with E-state index in [-0.39, 0.29) is 16.7 Å². The lowest BCUT2D eigenvalue weighted by molar-refractivity contribution is 0.0474. The Morgan fingerprint density at radius 3 is 2.25 bits per heavy atom. The number of ether oxygens (including phenoxy) is 3. The summed E-state index contributed by atoms with van der Waals surface area (Å²) in [6.07, 6.45) is 0. The maximum atomic E-state index is 13.2. The molecule has 0 radical (unpaired) electrons. The summed E-state index contributed by atoms with van der Waals surface area (Å²) in [7, 11) is 1.49. The van der Waals surface area contributed by atoms with Crippen LogP contribution in [0.4, 0.5) is 5.69 Å². The first-order chi connectivity index (χ1) is 19.2. The molecule has 0 saturated carbocycles. The zero-order valence-electron chi connectivity index (χ0n) is 22.1. The third-order valence-corrected chi connectivity index (χ3v) is 6.51. The molecule has 0 aliphatic carbocycles. The Kier molecular flexibility index (Phi) is 7.16. The average molecular weight is 536 g/mol. The first kappa shape index (κ1) is 26.4. The zero-order chi connectivity index (χ0) is 28.4. The third-order valence-electron chi connectivity index (χ3n) is 6.51. The first-order valence-electron chi connectivity index (χ1n) is 12.5. The number of amides is 2. The van der Waals surface area contributed by atoms with Gasteiger partial charge < -0.3 is 14.2 Å². The van der Waals surface area contributed by atoms with E-state index in [2.05, 4.69) is 0 Å². The molecule has 0 N–H and O–H groups in total. The van der Waals surface area contributed by atoms with Crippen molar-refractivity contribution in [1.82, 2.24) is 0 Å². The summed E-state index contributed by atoms with van der Waals surface area (Å²) in [6, 6.07) is 23.1. The smallest absolute Gasteiger partial charge is 0.338 e. The topological polar surface area (TPSA) is 99.2 Å². The quantitative estimate of drug-likeness (QED) is 0.156. The predicted octanol–water partition coefficient (Wildman–Crippen LogP) is 5.94. The number of nitrogens with zero attached hydrogens (tertiary/aromatic N) is 1. The van der Waals surface area contributed by atoms with Crippen LogP contribution in [0.1, 0.15) is 52.6 Å². The summed E-state index contributed by atoms with van der Waals surface area (Å²) < 4.78 is 16.3. The van der Waals surface area contributed by atoms with Gasteiger partial charge in [-0.1, -0.05) is 24.3 Å². The molecular formula is C32H25NO7. The molecule has 4 aromatic carbocycles. The number of Topliss-reactive ketones (excluding diaryl/α,β-unsaturated/α-hetero) is 1. The molecule has 40 heavy (non-hydrogen) atoms. The van der Waals surface area contributed by atoms with Crippen molar-refractivity contribution in [1.29, 1.82) is 0 Å². The van der Waals surface area contributed by atoms with E-state index >= 15 is 0 Å². The largest absolute Gasteiger partial charge is 0.497 e. The van der Waals surface area contributed by atoms with Crippen LogP contribution < -0.4 is 14.4 Å². The van der Waals surface area contributed by atoms with E-state index < -0.39 is 30.2 Å². The van der Waals surface area contributed by atoms with Crippen LogP contribution in [0.5, 0.6) is 17.2 Å². The van der Waals surface area contributed by atoms with Gasteiger partial charge in [0.05, 0.1) is 29.5 Å². The van der Waals surface area contributed by atoms with Crippen LogP contribution in [0, 0.1) is 13.8 Å². The molecule has 1 aliphatic rings. The van der Waals surface area contributed by atoms with Gasteiger partial charge in [-0.25, -0.2) is 9.69 Å². The normalized spacial score (nSPS) is 12.2. The Bertz CT molecular complexity index is 1660. The van der Waals surface area contributed by atoms with E-state index in [4.69, 9.17) is 14.2 Å². The molecule has 2 amide bonds. The van der Waals surface area contributed by atoms with Crippen molar-refractivity contribution in [2.45, 2.75) is 13.8 Å². The van der Waals surface area contributed by atoms with Gasteiger partial charge in [0.1, 0.15) is 17.2 Å². The van der Waals surface area contributed by atoms with Crippen molar-refractivity contribution < 1.29 is 33.4 Å². The minimum atomic E-state index is -0.786. The number of ketones is 1. The fraction of sp³-hybridized carbons (Fsp3) is 0.125. The summed E-state index contributed by atoms with van der Waals surface area (Å²) in [5.74, 6) is -0.476. The second-order valence-corrected chi connectivity index (χ2v) is 9.30. The van der Waals surface area contributed by atoms with Crippen LogP contribution in [0.3, 0.4) is 0 Å². The van der Waals surface area contributed by atoms with Gasteiger partial charge in [-0.05, 0) is 85.6 Å². The van der Waals surface area contributed by atoms with Gasteiger partial charge >= 0.3 is 5.97 Å². The number of methoxy groups -OCH3 is 1. The van der Waals surface area contributed by atoms with E-state index in [0.717, 1.165) is 21.8 Å². The number of fused-ring (bicyclic) bond motifs is 1. The van der Waals surface area contributed by atoms with Crippen molar-refractivity contribution in [3.63, 3.8) is 0 Å². The van der Waals surface area contributed by atoms with Crippen LogP contribution in [0.2, 0.25) is 0 Å². The number of carbonyl (C=O) groups is 4. The Morgan fingerprint density at radius 1 is 0.750 bits per heavy atom. The number of hydrogen-bond donors (Lipinski definition) is 0. The fourth-order valence-corrected chi connectivity index (χ4v) is 4.30. The zero-order valence-corrected chi connectivity index (χ0v) is 22.1. The van der Waals surface area contributed by atoms with Crippen LogP contribution in [-0.2, 0) is 4.74 Å². The fourth-order valence-electron chi connectivity index (χ4n) is 4.30. The number of benzene rings is 4. The van der Waals surface area contributed by atoms with E-state index in [9.17, 15) is 19.2 Å². The van der Waals surface area contributed by atoms with E-state index in [0.29, 0.717) is 22.7 Å². The van der Waals surface area contributed by atoms with E-state index in [1.807, 2.05) is 32.0 Å². The molecule has 4 aromatic rings. The molecule has 0 saturated heterocycles. The molecular weight excluding hydrogens is 510 g/mol. The summed E-state index contributed by atoms with van der Waals surface area (Å²) >= 11 is 0. The van der Waals surface area contributed by atoms with Gasteiger partial charge in [-0.15, -0.1) is 0 Å². The maximum Gasteiger partial charge on any atom is 0.338 e. The standard InChI is InChI=1S/C32H25NO7/c1-19-7-8-20(2)29(15-19)40-24-12-10-23(11-13-24)33-30(35)26-14-9-22(17-27(26)31(33)36)32(37)39-18-28(34)21-5-4-6-25(16-21)38-3/h4-17H,18H2,1-3H3. The van der Waals surface area contributed by atoms with Crippen molar-refractivity contribution in [2.24, 2.45) is 0 Å². The summed E-state index contributed by atoms with van der Waals surface area (Å²) in [5, 5.41) is 0. The molecule has 0 unspecified atom stereocenters. The monoisotopic (exact) mass is 535 g/mol. The highest BCUT2D eigenvalue weighted by Crippen LogP contribution is 2.32. The highest BCUT2D eigenvalue weighted by molar-refractivity contribution is 6.34. The Balaban J connectivity index is 1.28. The van der Waals surface area contributed by atoms with Gasteiger partial charge in [0.25, 0.3) is 11.8 Å². The highest BCUT2D eigenvalue weighted by atomic mass is 16.5. The van der Waals surface area contributed by atoms with Gasteiger partial charge in [-0.2, -0.15) is 0 Å². The lowest BCUT2D eigenvalue weighted by atomic mass is 10.1. The SMILES string of the molecule is COc1cccc(C(=O)COC(=O)c2ccc3c(c2)C(=O)N(c2ccc(Oc4cc(C)ccc4C)cc2)C3=O)c1. The molecule has 0 spiro atoms. The van der Waals surface area contributed by atoms with Crippen LogP contribution >= 0.6 is 0 Å². The van der Waals surface area contributed by atoms with Crippen molar-refractivity contribution in [3.8, 4) is 17.2 Å². The Morgan fingerprint density at radius 2 is 1.50 bits per heavy atom.